The Hall–Kier alpha value is -2.28. The molecule has 5 heterocycles. The molecular formula is C27H33NO9S. The topological polar surface area (TPSA) is 94.2 Å². The summed E-state index contributed by atoms with van der Waals surface area (Å²) in [7, 11) is 1.33. The molecule has 38 heavy (non-hydrogen) atoms. The van der Waals surface area contributed by atoms with Crippen molar-refractivity contribution < 1.29 is 42.7 Å². The largest absolute Gasteiger partial charge is 0.463 e. The first-order valence-corrected chi connectivity index (χ1v) is 13.3. The van der Waals surface area contributed by atoms with Crippen molar-refractivity contribution >= 4 is 23.4 Å². The summed E-state index contributed by atoms with van der Waals surface area (Å²) in [6.45, 7) is 8.00. The zero-order chi connectivity index (χ0) is 26.9. The molecule has 5 aliphatic heterocycles. The van der Waals surface area contributed by atoms with Gasteiger partial charge in [0.05, 0.1) is 20.3 Å². The van der Waals surface area contributed by atoms with Gasteiger partial charge in [-0.05, 0) is 51.6 Å². The van der Waals surface area contributed by atoms with Gasteiger partial charge < -0.3 is 37.9 Å². The molecule has 4 fully saturated rings. The lowest BCUT2D eigenvalue weighted by Gasteiger charge is -2.37. The predicted octanol–water partition coefficient (Wildman–Crippen LogP) is 2.96. The molecule has 5 aliphatic rings. The molecule has 1 aromatic rings. The van der Waals surface area contributed by atoms with E-state index in [1.807, 2.05) is 62.9 Å². The van der Waals surface area contributed by atoms with Crippen molar-refractivity contribution in [3.8, 4) is 0 Å². The highest BCUT2D eigenvalue weighted by atomic mass is 32.1. The lowest BCUT2D eigenvalue weighted by molar-refractivity contribution is -0.242. The van der Waals surface area contributed by atoms with E-state index in [0.717, 1.165) is 5.56 Å². The molecule has 1 aromatic carbocycles. The van der Waals surface area contributed by atoms with Gasteiger partial charge in [-0.2, -0.15) is 0 Å². The number of hydrogen-bond acceptors (Lipinski definition) is 10. The van der Waals surface area contributed by atoms with Crippen LogP contribution in [-0.4, -0.2) is 84.3 Å². The number of nitrogens with zero attached hydrogens (tertiary/aromatic N) is 1. The predicted molar refractivity (Wildman–Crippen MR) is 135 cm³/mol. The minimum absolute atomic E-state index is 0.0934. The van der Waals surface area contributed by atoms with E-state index < -0.39 is 54.0 Å². The van der Waals surface area contributed by atoms with E-state index in [4.69, 9.17) is 50.1 Å². The fourth-order valence-electron chi connectivity index (χ4n) is 5.99. The summed E-state index contributed by atoms with van der Waals surface area (Å²) in [4.78, 5) is 14.4. The first-order chi connectivity index (χ1) is 18.0. The first-order valence-electron chi connectivity index (χ1n) is 12.8. The Labute approximate surface area is 227 Å². The zero-order valence-corrected chi connectivity index (χ0v) is 22.9. The molecule has 3 unspecified atom stereocenters. The summed E-state index contributed by atoms with van der Waals surface area (Å²) in [6.07, 6.45) is -0.485. The van der Waals surface area contributed by atoms with Crippen LogP contribution in [0.3, 0.4) is 0 Å². The molecule has 10 nitrogen and oxygen atoms in total. The highest BCUT2D eigenvalue weighted by Crippen LogP contribution is 2.51. The highest BCUT2D eigenvalue weighted by Gasteiger charge is 2.71. The second kappa shape index (κ2) is 9.14. The Morgan fingerprint density at radius 3 is 2.50 bits per heavy atom. The first kappa shape index (κ1) is 26.0. The number of thiocarbonyl (C=S) groups is 1. The maximum absolute atomic E-state index is 12.6. The van der Waals surface area contributed by atoms with Gasteiger partial charge in [-0.15, -0.1) is 0 Å². The van der Waals surface area contributed by atoms with Crippen LogP contribution >= 0.6 is 12.2 Å². The summed E-state index contributed by atoms with van der Waals surface area (Å²) in [5, 5.41) is 0.230. The van der Waals surface area contributed by atoms with Gasteiger partial charge in [0.25, 0.3) is 5.17 Å². The SMILES string of the molecule is COC(=O)C1=CC(c2ccccc2)CC(N2C[C@]3(OC2=S)[C@@H](C2COC(C)(C)O2)O[C@@H]2OC(C)(C)O[C@@H]23)O1. The van der Waals surface area contributed by atoms with Crippen molar-refractivity contribution in [2.24, 2.45) is 0 Å². The monoisotopic (exact) mass is 547 g/mol. The Morgan fingerprint density at radius 1 is 1.05 bits per heavy atom. The molecule has 0 saturated carbocycles. The number of carbonyl (C=O) groups is 1. The number of hydrogen-bond donors (Lipinski definition) is 0. The fourth-order valence-corrected chi connectivity index (χ4v) is 6.33. The van der Waals surface area contributed by atoms with Gasteiger partial charge in [0.1, 0.15) is 12.2 Å². The third-order valence-electron chi connectivity index (χ3n) is 7.63. The summed E-state index contributed by atoms with van der Waals surface area (Å²) in [6, 6.07) is 9.94. The number of ether oxygens (including phenoxy) is 8. The van der Waals surface area contributed by atoms with Crippen LogP contribution in [0.5, 0.6) is 0 Å². The number of methoxy groups -OCH3 is 1. The highest BCUT2D eigenvalue weighted by molar-refractivity contribution is 7.80. The Bertz CT molecular complexity index is 1140. The van der Waals surface area contributed by atoms with Gasteiger partial charge in [-0.25, -0.2) is 4.79 Å². The molecule has 7 atom stereocenters. The molecule has 1 spiro atoms. The van der Waals surface area contributed by atoms with Gasteiger partial charge in [0, 0.05) is 12.3 Å². The molecule has 0 N–H and O–H groups in total. The lowest BCUT2D eigenvalue weighted by atomic mass is 9.88. The molecule has 11 heteroatoms. The second-order valence-electron chi connectivity index (χ2n) is 11.1. The van der Waals surface area contributed by atoms with E-state index in [9.17, 15) is 4.79 Å². The third-order valence-corrected chi connectivity index (χ3v) is 7.95. The van der Waals surface area contributed by atoms with Crippen LogP contribution in [0.2, 0.25) is 0 Å². The van der Waals surface area contributed by atoms with Crippen molar-refractivity contribution in [2.45, 2.75) is 88.0 Å². The van der Waals surface area contributed by atoms with Crippen LogP contribution in [0, 0.1) is 0 Å². The van der Waals surface area contributed by atoms with E-state index in [1.165, 1.54) is 7.11 Å². The van der Waals surface area contributed by atoms with E-state index in [-0.39, 0.29) is 23.4 Å². The summed E-state index contributed by atoms with van der Waals surface area (Å²) in [5.41, 5.74) is 0.0143. The third kappa shape index (κ3) is 4.39. The number of allylic oxidation sites excluding steroid dienone is 1. The van der Waals surface area contributed by atoms with E-state index >= 15 is 0 Å². The maximum Gasteiger partial charge on any atom is 0.373 e. The molecule has 6 rings (SSSR count). The Balaban J connectivity index is 1.32. The molecule has 4 saturated heterocycles. The summed E-state index contributed by atoms with van der Waals surface area (Å²) >= 11 is 5.77. The zero-order valence-electron chi connectivity index (χ0n) is 22.1. The van der Waals surface area contributed by atoms with Crippen LogP contribution < -0.4 is 0 Å². The van der Waals surface area contributed by atoms with Crippen LogP contribution in [0.4, 0.5) is 0 Å². The minimum atomic E-state index is -1.04. The van der Waals surface area contributed by atoms with E-state index in [2.05, 4.69) is 0 Å². The fraction of sp³-hybridized carbons (Fsp3) is 0.630. The van der Waals surface area contributed by atoms with Crippen LogP contribution in [-0.2, 0) is 42.7 Å². The normalized spacial score (nSPS) is 39.0. The number of fused-ring (bicyclic) bond motifs is 2. The minimum Gasteiger partial charge on any atom is -0.463 e. The summed E-state index contributed by atoms with van der Waals surface area (Å²) < 4.78 is 48.5. The van der Waals surface area contributed by atoms with Crippen LogP contribution in [0.25, 0.3) is 0 Å². The van der Waals surface area contributed by atoms with Crippen molar-refractivity contribution in [2.75, 3.05) is 20.3 Å². The van der Waals surface area contributed by atoms with Crippen molar-refractivity contribution in [1.29, 1.82) is 0 Å². The van der Waals surface area contributed by atoms with Crippen molar-refractivity contribution in [3.05, 3.63) is 47.7 Å². The molecule has 0 bridgehead atoms. The number of benzene rings is 1. The van der Waals surface area contributed by atoms with Gasteiger partial charge in [0.15, 0.2) is 35.8 Å². The number of carbonyl (C=O) groups excluding carboxylic acids is 1. The molecule has 0 aromatic heterocycles. The smallest absolute Gasteiger partial charge is 0.373 e. The van der Waals surface area contributed by atoms with Crippen LogP contribution in [0.1, 0.15) is 45.6 Å². The number of esters is 1. The van der Waals surface area contributed by atoms with Crippen molar-refractivity contribution in [1.82, 2.24) is 4.90 Å². The van der Waals surface area contributed by atoms with E-state index in [0.29, 0.717) is 13.0 Å². The van der Waals surface area contributed by atoms with Gasteiger partial charge >= 0.3 is 5.97 Å². The molecular weight excluding hydrogens is 514 g/mol. The average Bonchev–Trinajstić information content (AvgIpc) is 3.59. The molecule has 0 radical (unpaired) electrons. The van der Waals surface area contributed by atoms with Crippen LogP contribution in [0.15, 0.2) is 42.2 Å². The second-order valence-corrected chi connectivity index (χ2v) is 11.5. The van der Waals surface area contributed by atoms with Crippen molar-refractivity contribution in [3.63, 3.8) is 0 Å². The Morgan fingerprint density at radius 2 is 1.82 bits per heavy atom. The molecule has 0 aliphatic carbocycles. The Kier molecular flexibility index (Phi) is 6.25. The molecule has 0 amide bonds. The standard InChI is InChI=1S/C27H33NO9S/c1-25(2)31-13-18(34-25)20-27(21-23(33-20)36-26(3,4)35-21)14-28(24(38)37-27)19-12-16(15-9-7-6-8-10-15)11-17(32-19)22(29)30-5/h6-11,16,18-21,23H,12-14H2,1-5H3/t16?,18?,19?,20-,21+,23-,27+/m1/s1. The van der Waals surface area contributed by atoms with Gasteiger partial charge in [0.2, 0.25) is 5.76 Å². The number of rotatable bonds is 4. The maximum atomic E-state index is 12.6. The lowest BCUT2D eigenvalue weighted by Crippen LogP contribution is -2.57. The van der Waals surface area contributed by atoms with Gasteiger partial charge in [-0.3, -0.25) is 4.90 Å². The van der Waals surface area contributed by atoms with Gasteiger partial charge in [-0.1, -0.05) is 30.3 Å². The average molecular weight is 548 g/mol. The summed E-state index contributed by atoms with van der Waals surface area (Å²) in [5.74, 6) is -2.13. The quantitative estimate of drug-likeness (QED) is 0.411. The van der Waals surface area contributed by atoms with E-state index in [1.54, 1.807) is 6.08 Å². The molecule has 206 valence electrons.